The molecule has 1 aliphatic rings. The number of H-pyrrole nitrogens is 1. The number of guanidine groups is 1. The van der Waals surface area contributed by atoms with Crippen LogP contribution in [0.1, 0.15) is 18.4 Å². The van der Waals surface area contributed by atoms with Crippen LogP contribution in [0.5, 0.6) is 0 Å². The molecule has 0 spiro atoms. The lowest BCUT2D eigenvalue weighted by Crippen LogP contribution is -2.56. The fraction of sp³-hybridized carbons (Fsp3) is 0.333. The van der Waals surface area contributed by atoms with Crippen LogP contribution in [0.25, 0.3) is 22.1 Å². The van der Waals surface area contributed by atoms with E-state index < -0.39 is 0 Å². The average molecular weight is 404 g/mol. The molecule has 4 aromatic rings. The number of piperazine rings is 1. The van der Waals surface area contributed by atoms with E-state index in [4.69, 9.17) is 10.2 Å². The molecule has 9 heteroatoms. The van der Waals surface area contributed by atoms with Crippen LogP contribution in [0.2, 0.25) is 0 Å². The smallest absolute Gasteiger partial charge is 0.196 e. The second-order valence-corrected chi connectivity index (χ2v) is 7.74. The van der Waals surface area contributed by atoms with Gasteiger partial charge >= 0.3 is 0 Å². The van der Waals surface area contributed by atoms with Gasteiger partial charge in [-0.15, -0.1) is 0 Å². The van der Waals surface area contributed by atoms with Crippen molar-refractivity contribution >= 4 is 39.6 Å². The van der Waals surface area contributed by atoms with Gasteiger partial charge in [-0.05, 0) is 37.6 Å². The number of nitrogens with one attached hydrogen (secondary N) is 1. The van der Waals surface area contributed by atoms with Crippen molar-refractivity contribution in [3.8, 4) is 0 Å². The number of benzene rings is 1. The number of aromatic nitrogens is 4. The third-order valence-electron chi connectivity index (χ3n) is 5.59. The summed E-state index contributed by atoms with van der Waals surface area (Å²) in [4.78, 5) is 25.5. The predicted molar refractivity (Wildman–Crippen MR) is 117 cm³/mol. The molecule has 3 aromatic heterocycles. The SMILES string of the molecule is Cc1nc2cc(N=C(N)N3CCN(c4ncnc5[nH]cc(C)c45)C[C@@H]3C)ccc2o1. The van der Waals surface area contributed by atoms with Crippen molar-refractivity contribution in [1.29, 1.82) is 0 Å². The number of fused-ring (bicyclic) bond motifs is 2. The molecule has 1 aromatic carbocycles. The van der Waals surface area contributed by atoms with E-state index in [-0.39, 0.29) is 6.04 Å². The van der Waals surface area contributed by atoms with Gasteiger partial charge in [0.05, 0.1) is 11.1 Å². The minimum Gasteiger partial charge on any atom is -0.441 e. The summed E-state index contributed by atoms with van der Waals surface area (Å²) in [5, 5.41) is 1.08. The molecule has 0 bridgehead atoms. The maximum Gasteiger partial charge on any atom is 0.196 e. The average Bonchev–Trinajstić information content (AvgIpc) is 3.29. The molecule has 9 nitrogen and oxygen atoms in total. The molecule has 30 heavy (non-hydrogen) atoms. The van der Waals surface area contributed by atoms with Crippen LogP contribution in [0, 0.1) is 13.8 Å². The highest BCUT2D eigenvalue weighted by Gasteiger charge is 2.27. The minimum atomic E-state index is 0.185. The predicted octanol–water partition coefficient (Wildman–Crippen LogP) is 2.87. The number of hydrogen-bond donors (Lipinski definition) is 2. The number of rotatable bonds is 2. The molecular formula is C21H24N8O. The Morgan fingerprint density at radius 3 is 2.97 bits per heavy atom. The van der Waals surface area contributed by atoms with Crippen molar-refractivity contribution in [1.82, 2.24) is 24.8 Å². The van der Waals surface area contributed by atoms with Crippen LogP contribution in [0.15, 0.2) is 40.1 Å². The van der Waals surface area contributed by atoms with Gasteiger partial charge in [0, 0.05) is 38.8 Å². The molecule has 0 radical (unpaired) electrons. The number of oxazole rings is 1. The maximum absolute atomic E-state index is 6.39. The number of nitrogens with two attached hydrogens (primary N) is 1. The Morgan fingerprint density at radius 1 is 1.27 bits per heavy atom. The summed E-state index contributed by atoms with van der Waals surface area (Å²) < 4.78 is 5.53. The molecule has 154 valence electrons. The fourth-order valence-electron chi connectivity index (χ4n) is 4.12. The van der Waals surface area contributed by atoms with Crippen molar-refractivity contribution in [2.75, 3.05) is 24.5 Å². The van der Waals surface area contributed by atoms with Gasteiger partial charge in [-0.3, -0.25) is 0 Å². The van der Waals surface area contributed by atoms with Crippen molar-refractivity contribution < 1.29 is 4.42 Å². The van der Waals surface area contributed by atoms with E-state index in [0.29, 0.717) is 11.9 Å². The van der Waals surface area contributed by atoms with Gasteiger partial charge < -0.3 is 24.9 Å². The van der Waals surface area contributed by atoms with Gasteiger partial charge in [-0.2, -0.15) is 0 Å². The molecule has 0 unspecified atom stereocenters. The fourth-order valence-corrected chi connectivity index (χ4v) is 4.12. The van der Waals surface area contributed by atoms with Gasteiger partial charge in [-0.25, -0.2) is 19.9 Å². The third-order valence-corrected chi connectivity index (χ3v) is 5.59. The van der Waals surface area contributed by atoms with E-state index in [2.05, 4.69) is 48.6 Å². The quantitative estimate of drug-likeness (QED) is 0.390. The zero-order valence-corrected chi connectivity index (χ0v) is 17.3. The first-order chi connectivity index (χ1) is 14.5. The molecular weight excluding hydrogens is 380 g/mol. The third kappa shape index (κ3) is 3.12. The van der Waals surface area contributed by atoms with E-state index in [1.807, 2.05) is 31.3 Å². The van der Waals surface area contributed by atoms with Gasteiger partial charge in [0.1, 0.15) is 23.3 Å². The lowest BCUT2D eigenvalue weighted by molar-refractivity contribution is 0.294. The number of nitrogens with zero attached hydrogens (tertiary/aromatic N) is 6. The topological polar surface area (TPSA) is 112 Å². The van der Waals surface area contributed by atoms with Crippen LogP contribution in [-0.4, -0.2) is 56.5 Å². The summed E-state index contributed by atoms with van der Waals surface area (Å²) in [7, 11) is 0. The van der Waals surface area contributed by atoms with E-state index in [0.717, 1.165) is 58.8 Å². The first-order valence-corrected chi connectivity index (χ1v) is 10.0. The van der Waals surface area contributed by atoms with Gasteiger partial charge in [0.25, 0.3) is 0 Å². The second-order valence-electron chi connectivity index (χ2n) is 7.74. The Kier molecular flexibility index (Phi) is 4.30. The zero-order chi connectivity index (χ0) is 20.8. The molecule has 5 rings (SSSR count). The number of anilines is 1. The number of hydrogen-bond acceptors (Lipinski definition) is 6. The van der Waals surface area contributed by atoms with Crippen LogP contribution < -0.4 is 10.6 Å². The summed E-state index contributed by atoms with van der Waals surface area (Å²) >= 11 is 0. The number of aryl methyl sites for hydroxylation is 2. The Morgan fingerprint density at radius 2 is 2.13 bits per heavy atom. The van der Waals surface area contributed by atoms with Gasteiger partial charge in [-0.1, -0.05) is 0 Å². The molecule has 1 saturated heterocycles. The number of aliphatic imine (C=N–C) groups is 1. The summed E-state index contributed by atoms with van der Waals surface area (Å²) in [5.74, 6) is 2.11. The Labute approximate surface area is 173 Å². The summed E-state index contributed by atoms with van der Waals surface area (Å²) in [6.45, 7) is 8.42. The van der Waals surface area contributed by atoms with Gasteiger partial charge in [0.2, 0.25) is 0 Å². The maximum atomic E-state index is 6.39. The van der Waals surface area contributed by atoms with Crippen molar-refractivity contribution in [2.45, 2.75) is 26.8 Å². The molecule has 0 amide bonds. The standard InChI is InChI=1S/C21H24N8O/c1-12-9-23-19-18(12)20(25-11-24-19)28-6-7-29(13(2)10-28)21(22)27-15-4-5-17-16(8-15)26-14(3)30-17/h4-5,8-9,11,13H,6-7,10H2,1-3H3,(H2,22,27)(H,23,24,25)/t13-/m0/s1. The highest BCUT2D eigenvalue weighted by atomic mass is 16.3. The molecule has 3 N–H and O–H groups in total. The molecule has 4 heterocycles. The van der Waals surface area contributed by atoms with E-state index in [1.165, 1.54) is 0 Å². The Balaban J connectivity index is 1.37. The molecule has 0 aliphatic carbocycles. The lowest BCUT2D eigenvalue weighted by atomic mass is 10.1. The van der Waals surface area contributed by atoms with Crippen LogP contribution in [-0.2, 0) is 0 Å². The second kappa shape index (κ2) is 7.01. The minimum absolute atomic E-state index is 0.185. The van der Waals surface area contributed by atoms with Gasteiger partial charge in [0.15, 0.2) is 17.4 Å². The van der Waals surface area contributed by atoms with E-state index in [9.17, 15) is 0 Å². The summed E-state index contributed by atoms with van der Waals surface area (Å²) in [5.41, 5.74) is 10.7. The van der Waals surface area contributed by atoms with E-state index in [1.54, 1.807) is 6.33 Å². The summed E-state index contributed by atoms with van der Waals surface area (Å²) in [6, 6.07) is 5.85. The molecule has 1 atom stereocenters. The van der Waals surface area contributed by atoms with Crippen LogP contribution >= 0.6 is 0 Å². The summed E-state index contributed by atoms with van der Waals surface area (Å²) in [6.07, 6.45) is 3.59. The normalized spacial score (nSPS) is 18.0. The monoisotopic (exact) mass is 404 g/mol. The van der Waals surface area contributed by atoms with Crippen LogP contribution in [0.4, 0.5) is 11.5 Å². The molecule has 1 fully saturated rings. The zero-order valence-electron chi connectivity index (χ0n) is 17.3. The molecule has 1 aliphatic heterocycles. The molecule has 0 saturated carbocycles. The van der Waals surface area contributed by atoms with Crippen LogP contribution in [0.3, 0.4) is 0 Å². The lowest BCUT2D eigenvalue weighted by Gasteiger charge is -2.41. The Hall–Kier alpha value is -3.62. The van der Waals surface area contributed by atoms with Crippen molar-refractivity contribution in [3.05, 3.63) is 42.2 Å². The van der Waals surface area contributed by atoms with E-state index >= 15 is 0 Å². The first-order valence-electron chi connectivity index (χ1n) is 10.0. The highest BCUT2D eigenvalue weighted by Crippen LogP contribution is 2.28. The van der Waals surface area contributed by atoms with Crippen molar-refractivity contribution in [3.63, 3.8) is 0 Å². The first kappa shape index (κ1) is 18.4. The Bertz CT molecular complexity index is 1260. The van der Waals surface area contributed by atoms with Crippen molar-refractivity contribution in [2.24, 2.45) is 10.7 Å². The highest BCUT2D eigenvalue weighted by molar-refractivity contribution is 5.91. The largest absolute Gasteiger partial charge is 0.441 e. The number of aromatic amines is 1.